The van der Waals surface area contributed by atoms with Crippen molar-refractivity contribution < 1.29 is 14.6 Å². The Morgan fingerprint density at radius 1 is 0.892 bits per heavy atom. The van der Waals surface area contributed by atoms with E-state index in [9.17, 15) is 9.90 Å². The molecule has 0 unspecified atom stereocenters. The highest BCUT2D eigenvalue weighted by atomic mass is 16.5. The molecule has 2 N–H and O–H groups in total. The summed E-state index contributed by atoms with van der Waals surface area (Å²) in [5, 5.41) is 12.7. The van der Waals surface area contributed by atoms with E-state index in [-0.39, 0.29) is 18.6 Å². The number of nitrogens with zero attached hydrogens (tertiary/aromatic N) is 1. The molecule has 0 spiro atoms. The predicted molar refractivity (Wildman–Crippen MR) is 151 cm³/mol. The first-order valence-electron chi connectivity index (χ1n) is 13.1. The van der Waals surface area contributed by atoms with Gasteiger partial charge in [-0.1, -0.05) is 61.9 Å². The number of amides is 2. The number of carbonyl (C=O) groups is 1. The number of methoxy groups -OCH3 is 1. The lowest BCUT2D eigenvalue weighted by Gasteiger charge is -2.26. The first kappa shape index (κ1) is 27.8. The molecular formula is C32H38N2O3. The standard InChI is InChI=1S/C32H38N2O3/c1-3-4-8-23-34(32(36)33-30-17-19-31(37-2)20-18-30)24-21-29(22-25-35)28-15-13-27(14-16-28)12-11-26-9-6-5-7-10-26/h5-7,9-10,13-20,29,35H,3-4,8,21-25H2,1-2H3,(H,33,36)/t29-/m1/s1. The summed E-state index contributed by atoms with van der Waals surface area (Å²) in [4.78, 5) is 15.0. The average Bonchev–Trinajstić information content (AvgIpc) is 2.94. The SMILES string of the molecule is CCCCCN(CC[C@H](CCO)c1ccc(C#Cc2ccccc2)cc1)C(=O)Nc1ccc(OC)cc1. The van der Waals surface area contributed by atoms with E-state index in [1.165, 1.54) is 0 Å². The second kappa shape index (κ2) is 15.4. The zero-order valence-electron chi connectivity index (χ0n) is 22.0. The fourth-order valence-corrected chi connectivity index (χ4v) is 4.19. The number of ether oxygens (including phenoxy) is 1. The fraction of sp³-hybridized carbons (Fsp3) is 0.344. The maximum Gasteiger partial charge on any atom is 0.321 e. The molecule has 0 aliphatic carbocycles. The number of aliphatic hydroxyl groups excluding tert-OH is 1. The molecule has 5 heteroatoms. The monoisotopic (exact) mass is 498 g/mol. The third-order valence-electron chi connectivity index (χ3n) is 6.39. The van der Waals surface area contributed by atoms with Crippen LogP contribution in [0, 0.1) is 11.8 Å². The summed E-state index contributed by atoms with van der Waals surface area (Å²) in [5.41, 5.74) is 3.84. The van der Waals surface area contributed by atoms with Gasteiger partial charge >= 0.3 is 6.03 Å². The molecule has 37 heavy (non-hydrogen) atoms. The van der Waals surface area contributed by atoms with E-state index >= 15 is 0 Å². The van der Waals surface area contributed by atoms with Crippen LogP contribution in [-0.4, -0.2) is 42.8 Å². The van der Waals surface area contributed by atoms with E-state index < -0.39 is 0 Å². The molecule has 0 aliphatic heterocycles. The minimum Gasteiger partial charge on any atom is -0.497 e. The average molecular weight is 499 g/mol. The largest absolute Gasteiger partial charge is 0.497 e. The predicted octanol–water partition coefficient (Wildman–Crippen LogP) is 6.68. The van der Waals surface area contributed by atoms with Gasteiger partial charge in [0.2, 0.25) is 0 Å². The number of hydrogen-bond acceptors (Lipinski definition) is 3. The minimum atomic E-state index is -0.101. The van der Waals surface area contributed by atoms with Gasteiger partial charge < -0.3 is 20.1 Å². The normalized spacial score (nSPS) is 11.2. The van der Waals surface area contributed by atoms with E-state index in [4.69, 9.17) is 4.74 Å². The highest BCUT2D eigenvalue weighted by molar-refractivity contribution is 5.89. The lowest BCUT2D eigenvalue weighted by molar-refractivity contribution is 0.206. The molecule has 0 fully saturated rings. The quantitative estimate of drug-likeness (QED) is 0.216. The molecule has 3 aromatic carbocycles. The molecule has 1 atom stereocenters. The highest BCUT2D eigenvalue weighted by Crippen LogP contribution is 2.25. The van der Waals surface area contributed by atoms with Crippen LogP contribution >= 0.6 is 0 Å². The van der Waals surface area contributed by atoms with Crippen LogP contribution in [0.5, 0.6) is 5.75 Å². The van der Waals surface area contributed by atoms with Crippen LogP contribution in [0.1, 0.15) is 61.6 Å². The summed E-state index contributed by atoms with van der Waals surface area (Å²) >= 11 is 0. The summed E-state index contributed by atoms with van der Waals surface area (Å²) in [6.07, 6.45) is 4.57. The Labute approximate surface area is 221 Å². The van der Waals surface area contributed by atoms with Crippen molar-refractivity contribution in [3.05, 3.63) is 95.6 Å². The van der Waals surface area contributed by atoms with E-state index in [1.54, 1.807) is 7.11 Å². The van der Waals surface area contributed by atoms with Gasteiger partial charge in [-0.05, 0) is 79.3 Å². The van der Waals surface area contributed by atoms with Crippen LogP contribution in [0.15, 0.2) is 78.9 Å². The van der Waals surface area contributed by atoms with Gasteiger partial charge in [-0.15, -0.1) is 0 Å². The van der Waals surface area contributed by atoms with Crippen molar-refractivity contribution in [2.75, 3.05) is 32.1 Å². The number of carbonyl (C=O) groups excluding carboxylic acids is 1. The first-order valence-corrected chi connectivity index (χ1v) is 13.1. The van der Waals surface area contributed by atoms with Crippen molar-refractivity contribution in [2.24, 2.45) is 0 Å². The molecule has 3 rings (SSSR count). The Hall–Kier alpha value is -3.75. The number of anilines is 1. The van der Waals surface area contributed by atoms with Crippen molar-refractivity contribution >= 4 is 11.7 Å². The Balaban J connectivity index is 1.65. The van der Waals surface area contributed by atoms with Crippen LogP contribution in [0.2, 0.25) is 0 Å². The lowest BCUT2D eigenvalue weighted by atomic mass is 9.92. The van der Waals surface area contributed by atoms with Gasteiger partial charge in [-0.3, -0.25) is 0 Å². The number of hydrogen-bond donors (Lipinski definition) is 2. The fourth-order valence-electron chi connectivity index (χ4n) is 4.19. The Kier molecular flexibility index (Phi) is 11.6. The van der Waals surface area contributed by atoms with Gasteiger partial charge in [0.1, 0.15) is 5.75 Å². The summed E-state index contributed by atoms with van der Waals surface area (Å²) in [5.74, 6) is 7.31. The van der Waals surface area contributed by atoms with Gasteiger partial charge in [0.05, 0.1) is 7.11 Å². The number of unbranched alkanes of at least 4 members (excludes halogenated alkanes) is 2. The van der Waals surface area contributed by atoms with Crippen LogP contribution in [0.4, 0.5) is 10.5 Å². The molecule has 0 bridgehead atoms. The number of benzene rings is 3. The summed E-state index contributed by atoms with van der Waals surface area (Å²) in [7, 11) is 1.62. The van der Waals surface area contributed by atoms with Crippen molar-refractivity contribution in [3.63, 3.8) is 0 Å². The number of rotatable bonds is 12. The van der Waals surface area contributed by atoms with Gasteiger partial charge in [0.25, 0.3) is 0 Å². The molecule has 194 valence electrons. The second-order valence-corrected chi connectivity index (χ2v) is 9.09. The van der Waals surface area contributed by atoms with Gasteiger partial charge in [-0.2, -0.15) is 0 Å². The van der Waals surface area contributed by atoms with Crippen molar-refractivity contribution in [2.45, 2.75) is 44.9 Å². The molecule has 0 aromatic heterocycles. The van der Waals surface area contributed by atoms with Crippen molar-refractivity contribution in [3.8, 4) is 17.6 Å². The van der Waals surface area contributed by atoms with E-state index in [0.29, 0.717) is 19.5 Å². The zero-order chi connectivity index (χ0) is 26.3. The molecule has 5 nitrogen and oxygen atoms in total. The smallest absolute Gasteiger partial charge is 0.321 e. The summed E-state index contributed by atoms with van der Waals surface area (Å²) in [6.45, 7) is 3.59. The molecular weight excluding hydrogens is 460 g/mol. The van der Waals surface area contributed by atoms with Crippen LogP contribution in [-0.2, 0) is 0 Å². The Morgan fingerprint density at radius 2 is 1.57 bits per heavy atom. The molecule has 3 aromatic rings. The number of aliphatic hydroxyl groups is 1. The van der Waals surface area contributed by atoms with Crippen LogP contribution < -0.4 is 10.1 Å². The molecule has 0 heterocycles. The van der Waals surface area contributed by atoms with Gasteiger partial charge in [0.15, 0.2) is 0 Å². The topological polar surface area (TPSA) is 61.8 Å². The number of urea groups is 1. The summed E-state index contributed by atoms with van der Waals surface area (Å²) < 4.78 is 5.21. The zero-order valence-corrected chi connectivity index (χ0v) is 22.0. The minimum absolute atomic E-state index is 0.101. The highest BCUT2D eigenvalue weighted by Gasteiger charge is 2.18. The third-order valence-corrected chi connectivity index (χ3v) is 6.39. The molecule has 0 radical (unpaired) electrons. The van der Waals surface area contributed by atoms with E-state index in [0.717, 1.165) is 53.8 Å². The van der Waals surface area contributed by atoms with Crippen molar-refractivity contribution in [1.82, 2.24) is 4.90 Å². The molecule has 2 amide bonds. The summed E-state index contributed by atoms with van der Waals surface area (Å²) in [6, 6.07) is 25.4. The van der Waals surface area contributed by atoms with Gasteiger partial charge in [-0.25, -0.2) is 4.79 Å². The van der Waals surface area contributed by atoms with Gasteiger partial charge in [0, 0.05) is 36.5 Å². The lowest BCUT2D eigenvalue weighted by Crippen LogP contribution is -2.37. The van der Waals surface area contributed by atoms with Crippen LogP contribution in [0.3, 0.4) is 0 Å². The Morgan fingerprint density at radius 3 is 2.19 bits per heavy atom. The van der Waals surface area contributed by atoms with E-state index in [1.807, 2.05) is 71.6 Å². The molecule has 0 aliphatic rings. The molecule has 0 saturated heterocycles. The van der Waals surface area contributed by atoms with Crippen LogP contribution in [0.25, 0.3) is 0 Å². The molecule has 0 saturated carbocycles. The first-order chi connectivity index (χ1) is 18.1. The Bertz CT molecular complexity index is 1130. The second-order valence-electron chi connectivity index (χ2n) is 9.09. The van der Waals surface area contributed by atoms with E-state index in [2.05, 4.69) is 36.2 Å². The van der Waals surface area contributed by atoms with Crippen molar-refractivity contribution in [1.29, 1.82) is 0 Å². The maximum atomic E-state index is 13.1. The number of nitrogens with one attached hydrogen (secondary N) is 1. The maximum absolute atomic E-state index is 13.1. The third kappa shape index (κ3) is 9.33.